The Labute approximate surface area is 177 Å². The lowest BCUT2D eigenvalue weighted by molar-refractivity contribution is 1.14. The van der Waals surface area contributed by atoms with E-state index in [2.05, 4.69) is 88.4 Å². The molecule has 150 valence electrons. The van der Waals surface area contributed by atoms with Crippen molar-refractivity contribution in [3.63, 3.8) is 0 Å². The van der Waals surface area contributed by atoms with Crippen LogP contribution in [0.1, 0.15) is 29.2 Å². The molecule has 4 rings (SSSR count). The Kier molecular flexibility index (Phi) is 13.1. The highest BCUT2D eigenvalue weighted by Crippen LogP contribution is 1.99. The van der Waals surface area contributed by atoms with Gasteiger partial charge < -0.3 is 0 Å². The van der Waals surface area contributed by atoms with Crippen molar-refractivity contribution in [2.45, 2.75) is 34.1 Å². The molecular formula is C29H34. The summed E-state index contributed by atoms with van der Waals surface area (Å²) in [7, 11) is 0. The Balaban J connectivity index is 0.000000194. The third-order valence-electron chi connectivity index (χ3n) is 4.08. The lowest BCUT2D eigenvalue weighted by Gasteiger charge is -1.90. The summed E-state index contributed by atoms with van der Waals surface area (Å²) in [4.78, 5) is 0. The van der Waals surface area contributed by atoms with Crippen LogP contribution in [-0.4, -0.2) is 0 Å². The molecule has 4 aromatic rings. The van der Waals surface area contributed by atoms with Gasteiger partial charge in [0.2, 0.25) is 0 Å². The van der Waals surface area contributed by atoms with Gasteiger partial charge in [-0.2, -0.15) is 0 Å². The van der Waals surface area contributed by atoms with Gasteiger partial charge in [0.05, 0.1) is 0 Å². The molecule has 0 N–H and O–H groups in total. The maximum atomic E-state index is 2.16. The van der Waals surface area contributed by atoms with Crippen molar-refractivity contribution in [2.24, 2.45) is 0 Å². The van der Waals surface area contributed by atoms with Crippen molar-refractivity contribution in [1.29, 1.82) is 0 Å². The van der Waals surface area contributed by atoms with E-state index in [1.807, 2.05) is 60.7 Å². The first-order valence-corrected chi connectivity index (χ1v) is 10.2. The summed E-state index contributed by atoms with van der Waals surface area (Å²) in [5.41, 5.74) is 5.39. The zero-order chi connectivity index (χ0) is 21.2. The number of aryl methyl sites for hydroxylation is 4. The minimum absolute atomic E-state index is 1.14. The Morgan fingerprint density at radius 1 is 0.379 bits per heavy atom. The maximum Gasteiger partial charge on any atom is -0.0307 e. The molecule has 0 saturated carbocycles. The number of hydrogen-bond acceptors (Lipinski definition) is 0. The van der Waals surface area contributed by atoms with E-state index < -0.39 is 0 Å². The highest BCUT2D eigenvalue weighted by Gasteiger charge is 1.80. The molecule has 0 heterocycles. The predicted molar refractivity (Wildman–Crippen MR) is 129 cm³/mol. The van der Waals surface area contributed by atoms with E-state index in [1.165, 1.54) is 22.3 Å². The summed E-state index contributed by atoms with van der Waals surface area (Å²) in [5.74, 6) is 0. The largest absolute Gasteiger partial charge is 0.0623 e. The normalized spacial score (nSPS) is 8.83. The van der Waals surface area contributed by atoms with E-state index in [1.54, 1.807) is 0 Å². The zero-order valence-corrected chi connectivity index (χ0v) is 18.3. The van der Waals surface area contributed by atoms with Gasteiger partial charge in [-0.15, -0.1) is 0 Å². The van der Waals surface area contributed by atoms with E-state index in [9.17, 15) is 0 Å². The van der Waals surface area contributed by atoms with Gasteiger partial charge in [-0.05, 0) is 32.8 Å². The molecule has 0 saturated heterocycles. The van der Waals surface area contributed by atoms with E-state index in [0.717, 1.165) is 6.42 Å². The molecule has 0 aliphatic heterocycles. The van der Waals surface area contributed by atoms with Crippen LogP contribution in [0.2, 0.25) is 0 Å². The predicted octanol–water partition coefficient (Wildman–Crippen LogP) is 8.23. The fraction of sp³-hybridized carbons (Fsp3) is 0.172. The molecule has 0 nitrogen and oxygen atoms in total. The topological polar surface area (TPSA) is 0 Å². The van der Waals surface area contributed by atoms with Gasteiger partial charge in [-0.25, -0.2) is 0 Å². The van der Waals surface area contributed by atoms with Gasteiger partial charge in [0.15, 0.2) is 0 Å². The highest BCUT2D eigenvalue weighted by molar-refractivity contribution is 5.19. The molecule has 0 unspecified atom stereocenters. The fourth-order valence-electron chi connectivity index (χ4n) is 2.27. The second-order valence-electron chi connectivity index (χ2n) is 6.80. The fourth-order valence-corrected chi connectivity index (χ4v) is 2.27. The Morgan fingerprint density at radius 2 is 0.655 bits per heavy atom. The van der Waals surface area contributed by atoms with Gasteiger partial charge in [-0.1, -0.05) is 145 Å². The molecule has 0 fully saturated rings. The molecule has 0 bridgehead atoms. The molecule has 4 aromatic carbocycles. The average Bonchev–Trinajstić information content (AvgIpc) is 2.79. The molecule has 0 heteroatoms. The Morgan fingerprint density at radius 3 is 0.897 bits per heavy atom. The summed E-state index contributed by atoms with van der Waals surface area (Å²) < 4.78 is 0. The van der Waals surface area contributed by atoms with Crippen LogP contribution in [-0.2, 0) is 6.42 Å². The van der Waals surface area contributed by atoms with Crippen LogP contribution >= 0.6 is 0 Å². The molecule has 0 radical (unpaired) electrons. The number of rotatable bonds is 1. The second-order valence-corrected chi connectivity index (χ2v) is 6.80. The number of hydrogen-bond donors (Lipinski definition) is 0. The Bertz CT molecular complexity index is 785. The van der Waals surface area contributed by atoms with Crippen LogP contribution in [0, 0.1) is 20.8 Å². The van der Waals surface area contributed by atoms with Gasteiger partial charge >= 0.3 is 0 Å². The monoisotopic (exact) mass is 382 g/mol. The van der Waals surface area contributed by atoms with Crippen LogP contribution in [0.3, 0.4) is 0 Å². The van der Waals surface area contributed by atoms with Gasteiger partial charge in [-0.3, -0.25) is 0 Å². The van der Waals surface area contributed by atoms with Crippen LogP contribution in [0.4, 0.5) is 0 Å². The summed E-state index contributed by atoms with van der Waals surface area (Å²) >= 11 is 0. The van der Waals surface area contributed by atoms with Crippen molar-refractivity contribution in [1.82, 2.24) is 0 Å². The SMILES string of the molecule is CCc1ccccc1.Cc1ccc(C)cc1.Cc1ccccc1.c1ccccc1. The van der Waals surface area contributed by atoms with Crippen molar-refractivity contribution in [2.75, 3.05) is 0 Å². The lowest BCUT2D eigenvalue weighted by Crippen LogP contribution is -1.73. The second kappa shape index (κ2) is 15.9. The lowest BCUT2D eigenvalue weighted by atomic mass is 10.2. The summed E-state index contributed by atoms with van der Waals surface area (Å²) in [6.45, 7) is 8.44. The van der Waals surface area contributed by atoms with Crippen LogP contribution < -0.4 is 0 Å². The van der Waals surface area contributed by atoms with Crippen LogP contribution in [0.25, 0.3) is 0 Å². The van der Waals surface area contributed by atoms with E-state index in [0.29, 0.717) is 0 Å². The van der Waals surface area contributed by atoms with Crippen LogP contribution in [0.15, 0.2) is 121 Å². The Hall–Kier alpha value is -3.12. The van der Waals surface area contributed by atoms with E-state index in [-0.39, 0.29) is 0 Å². The first-order chi connectivity index (χ1) is 14.1. The molecule has 0 aliphatic rings. The third-order valence-corrected chi connectivity index (χ3v) is 4.08. The first kappa shape index (κ1) is 23.9. The van der Waals surface area contributed by atoms with Crippen molar-refractivity contribution in [3.8, 4) is 0 Å². The molecule has 0 spiro atoms. The minimum atomic E-state index is 1.14. The molecule has 0 amide bonds. The molecule has 0 aliphatic carbocycles. The van der Waals surface area contributed by atoms with Crippen molar-refractivity contribution >= 4 is 0 Å². The maximum absolute atomic E-state index is 2.16. The average molecular weight is 383 g/mol. The summed E-state index contributed by atoms with van der Waals surface area (Å²) in [6, 6.07) is 41.2. The molecule has 0 aromatic heterocycles. The number of benzene rings is 4. The third kappa shape index (κ3) is 13.7. The van der Waals surface area contributed by atoms with Gasteiger partial charge in [0, 0.05) is 0 Å². The van der Waals surface area contributed by atoms with Crippen LogP contribution in [0.5, 0.6) is 0 Å². The molecule has 29 heavy (non-hydrogen) atoms. The first-order valence-electron chi connectivity index (χ1n) is 10.2. The molecule has 0 atom stereocenters. The van der Waals surface area contributed by atoms with Gasteiger partial charge in [0.25, 0.3) is 0 Å². The summed E-state index contributed by atoms with van der Waals surface area (Å²) in [6.07, 6.45) is 1.14. The minimum Gasteiger partial charge on any atom is -0.0623 e. The van der Waals surface area contributed by atoms with E-state index >= 15 is 0 Å². The summed E-state index contributed by atoms with van der Waals surface area (Å²) in [5, 5.41) is 0. The highest BCUT2D eigenvalue weighted by atomic mass is 13.9. The van der Waals surface area contributed by atoms with Crippen molar-refractivity contribution < 1.29 is 0 Å². The quantitative estimate of drug-likeness (QED) is 0.311. The van der Waals surface area contributed by atoms with Crippen molar-refractivity contribution in [3.05, 3.63) is 144 Å². The smallest absolute Gasteiger partial charge is 0.0307 e. The van der Waals surface area contributed by atoms with Gasteiger partial charge in [0.1, 0.15) is 0 Å². The molecular weight excluding hydrogens is 348 g/mol. The van der Waals surface area contributed by atoms with E-state index in [4.69, 9.17) is 0 Å². The standard InChI is InChI=1S/2C8H10.C7H8.C6H6/c1-7-3-5-8(2)6-4-7;1-2-8-6-4-3-5-7-8;1-7-5-3-2-4-6-7;1-2-4-6-5-3-1/h3-6H,1-2H3;3-7H,2H2,1H3;2-6H,1H3;1-6H. The zero-order valence-electron chi connectivity index (χ0n) is 18.3.